The van der Waals surface area contributed by atoms with E-state index in [0.29, 0.717) is 42.1 Å². The van der Waals surface area contributed by atoms with Crippen molar-refractivity contribution in [2.24, 2.45) is 0 Å². The van der Waals surface area contributed by atoms with E-state index in [2.05, 4.69) is 0 Å². The summed E-state index contributed by atoms with van der Waals surface area (Å²) < 4.78 is 11.8. The number of hydrogen-bond acceptors (Lipinski definition) is 6. The Labute approximate surface area is 253 Å². The van der Waals surface area contributed by atoms with Crippen molar-refractivity contribution in [1.29, 1.82) is 0 Å². The molecule has 0 unspecified atom stereocenters. The minimum atomic E-state index is -1.07. The van der Waals surface area contributed by atoms with E-state index in [0.717, 1.165) is 33.2 Å². The van der Waals surface area contributed by atoms with Crippen LogP contribution in [-0.2, 0) is 11.4 Å². The summed E-state index contributed by atoms with van der Waals surface area (Å²) in [7, 11) is 0. The number of halogens is 1. The van der Waals surface area contributed by atoms with Crippen LogP contribution in [0.1, 0.15) is 18.4 Å². The van der Waals surface area contributed by atoms with Gasteiger partial charge in [0.1, 0.15) is 12.4 Å². The fraction of sp³-hybridized carbons (Fsp3) is 0.129. The van der Waals surface area contributed by atoms with Crippen molar-refractivity contribution in [3.05, 3.63) is 108 Å². The van der Waals surface area contributed by atoms with Gasteiger partial charge in [-0.15, -0.1) is 0 Å². The molecule has 39 heavy (non-hydrogen) atoms. The fourth-order valence-corrected chi connectivity index (χ4v) is 4.11. The third-order valence-corrected chi connectivity index (χ3v) is 6.19. The SMILES string of the molecule is O=C([O-])CCCOc1ccc2cc(-c3nc(OCc4ccc(Cl)cc4)cc(-c4ccccc4)n3)ccc2c1.[Na+]. The largest absolute Gasteiger partial charge is 1.00 e. The van der Waals surface area contributed by atoms with Crippen LogP contribution in [-0.4, -0.2) is 22.5 Å². The first-order chi connectivity index (χ1) is 18.5. The van der Waals surface area contributed by atoms with Crippen LogP contribution in [0.15, 0.2) is 97.1 Å². The number of aliphatic carboxylic acids is 1. The van der Waals surface area contributed by atoms with Gasteiger partial charge in [0.25, 0.3) is 0 Å². The molecule has 5 rings (SSSR count). The number of benzene rings is 4. The predicted octanol–water partition coefficient (Wildman–Crippen LogP) is 3.11. The molecule has 8 heteroatoms. The second-order valence-corrected chi connectivity index (χ2v) is 9.18. The summed E-state index contributed by atoms with van der Waals surface area (Å²) in [5, 5.41) is 13.2. The molecule has 0 spiro atoms. The number of carbonyl (C=O) groups is 1. The number of carboxylic acids is 1. The van der Waals surface area contributed by atoms with Gasteiger partial charge in [0, 0.05) is 28.2 Å². The molecule has 0 fully saturated rings. The number of carboxylic acid groups (broad SMARTS) is 1. The molecule has 5 aromatic rings. The summed E-state index contributed by atoms with van der Waals surface area (Å²) >= 11 is 6.00. The van der Waals surface area contributed by atoms with Gasteiger partial charge in [0.15, 0.2) is 5.82 Å². The van der Waals surface area contributed by atoms with Crippen molar-refractivity contribution in [3.63, 3.8) is 0 Å². The molecule has 4 aromatic carbocycles. The Balaban J connectivity index is 0.00000353. The first-order valence-electron chi connectivity index (χ1n) is 12.2. The number of nitrogens with zero attached hydrogens (tertiary/aromatic N) is 2. The van der Waals surface area contributed by atoms with E-state index in [-0.39, 0.29) is 36.0 Å². The molecule has 0 N–H and O–H groups in total. The Morgan fingerprint density at radius 1 is 0.795 bits per heavy atom. The average molecular weight is 547 g/mol. The molecule has 0 aliphatic rings. The molecule has 6 nitrogen and oxygen atoms in total. The maximum Gasteiger partial charge on any atom is 1.00 e. The van der Waals surface area contributed by atoms with Crippen molar-refractivity contribution in [3.8, 4) is 34.3 Å². The minimum Gasteiger partial charge on any atom is -0.550 e. The van der Waals surface area contributed by atoms with Crippen LogP contribution >= 0.6 is 11.6 Å². The molecule has 0 saturated carbocycles. The second-order valence-electron chi connectivity index (χ2n) is 8.74. The van der Waals surface area contributed by atoms with Crippen molar-refractivity contribution < 1.29 is 48.9 Å². The average Bonchev–Trinajstić information content (AvgIpc) is 2.95. The second kappa shape index (κ2) is 13.6. The summed E-state index contributed by atoms with van der Waals surface area (Å²) in [5.41, 5.74) is 3.57. The molecule has 0 saturated heterocycles. The van der Waals surface area contributed by atoms with Crippen LogP contribution in [0.3, 0.4) is 0 Å². The van der Waals surface area contributed by atoms with Crippen molar-refractivity contribution in [2.45, 2.75) is 19.4 Å². The number of carbonyl (C=O) groups excluding carboxylic acids is 1. The zero-order valence-electron chi connectivity index (χ0n) is 21.5. The summed E-state index contributed by atoms with van der Waals surface area (Å²) in [6, 6.07) is 31.0. The first-order valence-corrected chi connectivity index (χ1v) is 12.6. The zero-order chi connectivity index (χ0) is 26.3. The van der Waals surface area contributed by atoms with Crippen molar-refractivity contribution in [1.82, 2.24) is 9.97 Å². The number of aromatic nitrogens is 2. The molecular formula is C31H24ClN2NaO4. The van der Waals surface area contributed by atoms with Crippen molar-refractivity contribution >= 4 is 28.3 Å². The summed E-state index contributed by atoms with van der Waals surface area (Å²) in [6.45, 7) is 0.668. The Morgan fingerprint density at radius 2 is 1.54 bits per heavy atom. The summed E-state index contributed by atoms with van der Waals surface area (Å²) in [4.78, 5) is 20.1. The van der Waals surface area contributed by atoms with E-state index in [9.17, 15) is 9.90 Å². The van der Waals surface area contributed by atoms with Crippen LogP contribution in [0, 0.1) is 0 Å². The van der Waals surface area contributed by atoms with Gasteiger partial charge in [-0.3, -0.25) is 0 Å². The van der Waals surface area contributed by atoms with Gasteiger partial charge in [-0.05, 0) is 59.5 Å². The molecule has 1 heterocycles. The normalized spacial score (nSPS) is 10.6. The Hall–Kier alpha value is -3.42. The van der Waals surface area contributed by atoms with Gasteiger partial charge in [-0.2, -0.15) is 4.98 Å². The monoisotopic (exact) mass is 546 g/mol. The minimum absolute atomic E-state index is 0. The molecule has 0 amide bonds. The smallest absolute Gasteiger partial charge is 0.550 e. The molecule has 190 valence electrons. The molecular weight excluding hydrogens is 523 g/mol. The van der Waals surface area contributed by atoms with Crippen LogP contribution in [0.2, 0.25) is 5.02 Å². The zero-order valence-corrected chi connectivity index (χ0v) is 24.2. The van der Waals surface area contributed by atoms with Crippen LogP contribution in [0.4, 0.5) is 0 Å². The van der Waals surface area contributed by atoms with E-state index in [1.807, 2.05) is 97.1 Å². The summed E-state index contributed by atoms with van der Waals surface area (Å²) in [5.74, 6) is 0.645. The van der Waals surface area contributed by atoms with E-state index >= 15 is 0 Å². The van der Waals surface area contributed by atoms with E-state index in [1.165, 1.54) is 0 Å². The maximum absolute atomic E-state index is 10.6. The summed E-state index contributed by atoms with van der Waals surface area (Å²) in [6.07, 6.45) is 0.376. The van der Waals surface area contributed by atoms with Gasteiger partial charge >= 0.3 is 29.6 Å². The van der Waals surface area contributed by atoms with Crippen LogP contribution < -0.4 is 44.1 Å². The standard InChI is InChI=1S/C31H25ClN2O4.Na/c32-26-13-8-21(9-14-26)20-38-29-19-28(22-5-2-1-3-6-22)33-31(34-29)25-11-10-24-18-27(15-12-23(24)17-25)37-16-4-7-30(35)36;/h1-3,5-6,8-15,17-19H,4,7,16,20H2,(H,35,36);/q;+1/p-1. The number of ether oxygens (including phenoxy) is 2. The third kappa shape index (κ3) is 7.80. The Kier molecular flexibility index (Phi) is 9.96. The van der Waals surface area contributed by atoms with E-state index < -0.39 is 5.97 Å². The van der Waals surface area contributed by atoms with Gasteiger partial charge in [-0.1, -0.05) is 72.3 Å². The van der Waals surface area contributed by atoms with Crippen LogP contribution in [0.25, 0.3) is 33.4 Å². The quantitative estimate of drug-likeness (QED) is 0.198. The molecule has 1 aromatic heterocycles. The maximum atomic E-state index is 10.6. The van der Waals surface area contributed by atoms with Gasteiger partial charge < -0.3 is 19.4 Å². The van der Waals surface area contributed by atoms with Crippen molar-refractivity contribution in [2.75, 3.05) is 6.61 Å². The first kappa shape index (κ1) is 28.6. The van der Waals surface area contributed by atoms with Crippen LogP contribution in [0.5, 0.6) is 11.6 Å². The Bertz CT molecular complexity index is 1560. The molecule has 0 aliphatic heterocycles. The molecule has 0 bridgehead atoms. The molecule has 0 radical (unpaired) electrons. The number of hydrogen-bond donors (Lipinski definition) is 0. The predicted molar refractivity (Wildman–Crippen MR) is 146 cm³/mol. The van der Waals surface area contributed by atoms with Gasteiger partial charge in [-0.25, -0.2) is 4.98 Å². The van der Waals surface area contributed by atoms with E-state index in [1.54, 1.807) is 0 Å². The van der Waals surface area contributed by atoms with E-state index in [4.69, 9.17) is 31.0 Å². The van der Waals surface area contributed by atoms with Gasteiger partial charge in [0.05, 0.1) is 12.3 Å². The fourth-order valence-electron chi connectivity index (χ4n) is 3.98. The number of rotatable bonds is 10. The van der Waals surface area contributed by atoms with Gasteiger partial charge in [0.2, 0.25) is 5.88 Å². The third-order valence-electron chi connectivity index (χ3n) is 5.94. The molecule has 0 aliphatic carbocycles. The Morgan fingerprint density at radius 3 is 2.31 bits per heavy atom. The topological polar surface area (TPSA) is 84.4 Å². The number of fused-ring (bicyclic) bond motifs is 1. The molecule has 0 atom stereocenters.